The molecule has 1 heterocycles. The molecule has 2 N–H and O–H groups in total. The highest BCUT2D eigenvalue weighted by atomic mass is 15.1. The second-order valence-corrected chi connectivity index (χ2v) is 4.55. The smallest absolute Gasteiger partial charge is 0.135 e. The summed E-state index contributed by atoms with van der Waals surface area (Å²) >= 11 is 0. The number of hydrogen-bond donors (Lipinski definition) is 2. The van der Waals surface area contributed by atoms with Crippen molar-refractivity contribution in [2.45, 2.75) is 20.3 Å². The summed E-state index contributed by atoms with van der Waals surface area (Å²) in [4.78, 5) is 8.44. The van der Waals surface area contributed by atoms with E-state index in [1.807, 2.05) is 6.07 Å². The molecule has 1 aromatic carbocycles. The van der Waals surface area contributed by atoms with Gasteiger partial charge in [-0.3, -0.25) is 0 Å². The molecule has 0 fully saturated rings. The number of benzene rings is 1. The van der Waals surface area contributed by atoms with Crippen LogP contribution in [0.4, 0.5) is 17.3 Å². The highest BCUT2D eigenvalue weighted by molar-refractivity contribution is 5.66. The largest absolute Gasteiger partial charge is 0.366 e. The van der Waals surface area contributed by atoms with Gasteiger partial charge in [0.1, 0.15) is 18.0 Å². The van der Waals surface area contributed by atoms with Crippen LogP contribution in [0.15, 0.2) is 43.2 Å². The Labute approximate surface area is 120 Å². The molecule has 0 aliphatic carbocycles. The van der Waals surface area contributed by atoms with Gasteiger partial charge in [-0.2, -0.15) is 0 Å². The Kier molecular flexibility index (Phi) is 4.71. The lowest BCUT2D eigenvalue weighted by molar-refractivity contribution is 1.11. The number of anilines is 3. The summed E-state index contributed by atoms with van der Waals surface area (Å²) in [5.74, 6) is 1.57. The van der Waals surface area contributed by atoms with Crippen LogP contribution in [-0.2, 0) is 6.42 Å². The zero-order valence-corrected chi connectivity index (χ0v) is 12.0. The maximum atomic E-state index is 4.27. The second kappa shape index (κ2) is 6.70. The normalized spacial score (nSPS) is 10.1. The topological polar surface area (TPSA) is 49.8 Å². The van der Waals surface area contributed by atoms with E-state index in [9.17, 15) is 0 Å². The van der Waals surface area contributed by atoms with Crippen LogP contribution in [0.1, 0.15) is 18.1 Å². The Bertz CT molecular complexity index is 593. The summed E-state index contributed by atoms with van der Waals surface area (Å²) in [6.07, 6.45) is 4.33. The zero-order valence-electron chi connectivity index (χ0n) is 12.0. The van der Waals surface area contributed by atoms with Gasteiger partial charge < -0.3 is 10.6 Å². The Morgan fingerprint density at radius 1 is 1.25 bits per heavy atom. The molecule has 0 unspecified atom stereocenters. The standard InChI is InChI=1S/C16H20N4/c1-4-9-17-14-10-15(19-11-18-14)20-16-12(3)7-6-8-13(16)5-2/h4,6-8,10-11H,1,5,9H2,2-3H3,(H2,17,18,19,20). The number of aryl methyl sites for hydroxylation is 2. The van der Waals surface area contributed by atoms with Crippen LogP contribution < -0.4 is 10.6 Å². The van der Waals surface area contributed by atoms with Gasteiger partial charge in [-0.15, -0.1) is 6.58 Å². The minimum atomic E-state index is 0.682. The third-order valence-corrected chi connectivity index (χ3v) is 3.09. The summed E-state index contributed by atoms with van der Waals surface area (Å²) in [5.41, 5.74) is 3.62. The minimum absolute atomic E-state index is 0.682. The van der Waals surface area contributed by atoms with Gasteiger partial charge in [0.15, 0.2) is 0 Å². The number of nitrogens with zero attached hydrogens (tertiary/aromatic N) is 2. The monoisotopic (exact) mass is 268 g/mol. The second-order valence-electron chi connectivity index (χ2n) is 4.55. The van der Waals surface area contributed by atoms with Gasteiger partial charge in [-0.05, 0) is 24.5 Å². The first-order valence-electron chi connectivity index (χ1n) is 6.77. The molecule has 0 aliphatic rings. The van der Waals surface area contributed by atoms with Crippen LogP contribution in [-0.4, -0.2) is 16.5 Å². The number of para-hydroxylation sites is 1. The van der Waals surface area contributed by atoms with E-state index in [1.165, 1.54) is 11.1 Å². The van der Waals surface area contributed by atoms with Gasteiger partial charge in [-0.25, -0.2) is 9.97 Å². The fourth-order valence-electron chi connectivity index (χ4n) is 2.03. The minimum Gasteiger partial charge on any atom is -0.366 e. The van der Waals surface area contributed by atoms with Crippen molar-refractivity contribution in [3.8, 4) is 0 Å². The molecule has 0 radical (unpaired) electrons. The van der Waals surface area contributed by atoms with Crippen molar-refractivity contribution in [2.24, 2.45) is 0 Å². The van der Waals surface area contributed by atoms with Crippen LogP contribution >= 0.6 is 0 Å². The average molecular weight is 268 g/mol. The van der Waals surface area contributed by atoms with Crippen molar-refractivity contribution in [1.29, 1.82) is 0 Å². The Hall–Kier alpha value is -2.36. The Morgan fingerprint density at radius 3 is 2.80 bits per heavy atom. The van der Waals surface area contributed by atoms with Crippen molar-refractivity contribution in [2.75, 3.05) is 17.2 Å². The van der Waals surface area contributed by atoms with E-state index in [0.717, 1.165) is 23.7 Å². The van der Waals surface area contributed by atoms with Crippen molar-refractivity contribution < 1.29 is 0 Å². The molecular weight excluding hydrogens is 248 g/mol. The summed E-state index contributed by atoms with van der Waals surface area (Å²) in [6, 6.07) is 8.21. The first-order valence-corrected chi connectivity index (χ1v) is 6.77. The highest BCUT2D eigenvalue weighted by Gasteiger charge is 2.06. The van der Waals surface area contributed by atoms with Gasteiger partial charge in [0.2, 0.25) is 0 Å². The van der Waals surface area contributed by atoms with E-state index in [1.54, 1.807) is 12.4 Å². The maximum absolute atomic E-state index is 4.27. The number of rotatable bonds is 6. The third-order valence-electron chi connectivity index (χ3n) is 3.09. The summed E-state index contributed by atoms with van der Waals surface area (Å²) in [6.45, 7) is 8.61. The predicted octanol–water partition coefficient (Wildman–Crippen LogP) is 3.69. The Morgan fingerprint density at radius 2 is 2.05 bits per heavy atom. The van der Waals surface area contributed by atoms with Crippen molar-refractivity contribution in [3.63, 3.8) is 0 Å². The van der Waals surface area contributed by atoms with Crippen LogP contribution in [0.25, 0.3) is 0 Å². The van der Waals surface area contributed by atoms with Gasteiger partial charge in [0, 0.05) is 18.3 Å². The number of nitrogens with one attached hydrogen (secondary N) is 2. The molecule has 4 nitrogen and oxygen atoms in total. The van der Waals surface area contributed by atoms with Gasteiger partial charge in [0.25, 0.3) is 0 Å². The summed E-state index contributed by atoms with van der Waals surface area (Å²) < 4.78 is 0. The molecular formula is C16H20N4. The zero-order chi connectivity index (χ0) is 14.4. The van der Waals surface area contributed by atoms with Gasteiger partial charge in [-0.1, -0.05) is 31.2 Å². The molecule has 104 valence electrons. The molecule has 0 bridgehead atoms. The average Bonchev–Trinajstić information content (AvgIpc) is 2.47. The third kappa shape index (κ3) is 3.35. The number of hydrogen-bond acceptors (Lipinski definition) is 4. The molecule has 0 saturated carbocycles. The predicted molar refractivity (Wildman–Crippen MR) is 84.6 cm³/mol. The van der Waals surface area contributed by atoms with Crippen LogP contribution in [0.2, 0.25) is 0 Å². The number of aromatic nitrogens is 2. The van der Waals surface area contributed by atoms with Crippen LogP contribution in [0.3, 0.4) is 0 Å². The van der Waals surface area contributed by atoms with E-state index in [2.05, 4.69) is 59.2 Å². The van der Waals surface area contributed by atoms with Crippen LogP contribution in [0, 0.1) is 6.92 Å². The lowest BCUT2D eigenvalue weighted by Crippen LogP contribution is -2.04. The Balaban J connectivity index is 2.23. The van der Waals surface area contributed by atoms with Crippen LogP contribution in [0.5, 0.6) is 0 Å². The molecule has 2 rings (SSSR count). The quantitative estimate of drug-likeness (QED) is 0.784. The molecule has 20 heavy (non-hydrogen) atoms. The first-order chi connectivity index (χ1) is 9.74. The summed E-state index contributed by atoms with van der Waals surface area (Å²) in [5, 5.41) is 6.55. The molecule has 1 aromatic heterocycles. The maximum Gasteiger partial charge on any atom is 0.135 e. The van der Waals surface area contributed by atoms with E-state index in [4.69, 9.17) is 0 Å². The van der Waals surface area contributed by atoms with E-state index >= 15 is 0 Å². The van der Waals surface area contributed by atoms with E-state index in [-0.39, 0.29) is 0 Å². The van der Waals surface area contributed by atoms with E-state index in [0.29, 0.717) is 6.54 Å². The van der Waals surface area contributed by atoms with Crippen molar-refractivity contribution in [3.05, 3.63) is 54.4 Å². The van der Waals surface area contributed by atoms with Crippen molar-refractivity contribution in [1.82, 2.24) is 9.97 Å². The fourth-order valence-corrected chi connectivity index (χ4v) is 2.03. The van der Waals surface area contributed by atoms with Gasteiger partial charge >= 0.3 is 0 Å². The summed E-state index contributed by atoms with van der Waals surface area (Å²) in [7, 11) is 0. The molecule has 4 heteroatoms. The molecule has 0 spiro atoms. The fraction of sp³-hybridized carbons (Fsp3) is 0.250. The van der Waals surface area contributed by atoms with E-state index < -0.39 is 0 Å². The highest BCUT2D eigenvalue weighted by Crippen LogP contribution is 2.24. The molecule has 2 aromatic rings. The molecule has 0 aliphatic heterocycles. The lowest BCUT2D eigenvalue weighted by Gasteiger charge is -2.13. The molecule has 0 saturated heterocycles. The SMILES string of the molecule is C=CCNc1cc(Nc2c(C)cccc2CC)ncn1. The van der Waals surface area contributed by atoms with Crippen molar-refractivity contribution >= 4 is 17.3 Å². The van der Waals surface area contributed by atoms with Gasteiger partial charge in [0.05, 0.1) is 0 Å². The molecule has 0 atom stereocenters. The molecule has 0 amide bonds. The first kappa shape index (κ1) is 14.1. The lowest BCUT2D eigenvalue weighted by atomic mass is 10.1.